The number of hydrogen-bond acceptors (Lipinski definition) is 2. The van der Waals surface area contributed by atoms with E-state index < -0.39 is 5.97 Å². The summed E-state index contributed by atoms with van der Waals surface area (Å²) in [5, 5.41) is 8.38. The van der Waals surface area contributed by atoms with Gasteiger partial charge in [0, 0.05) is 5.70 Å². The van der Waals surface area contributed by atoms with Crippen LogP contribution in [0, 0.1) is 0 Å². The largest absolute Gasteiger partial charge is 0.481 e. The lowest BCUT2D eigenvalue weighted by molar-refractivity contribution is -0.136. The molecule has 0 aliphatic heterocycles. The molecular weight excluding hydrogens is 144 g/mol. The lowest BCUT2D eigenvalue weighted by Gasteiger charge is -1.96. The molecule has 0 unspecified atom stereocenters. The second kappa shape index (κ2) is 4.49. The topological polar surface area (TPSA) is 75.7 Å². The molecule has 0 saturated carbocycles. The minimum atomic E-state index is -0.900. The van der Waals surface area contributed by atoms with Gasteiger partial charge in [-0.3, -0.25) is 4.79 Å². The van der Waals surface area contributed by atoms with Crippen molar-refractivity contribution in [3.05, 3.63) is 11.8 Å². The molecule has 0 aromatic rings. The molecule has 4 nitrogen and oxygen atoms in total. The molecule has 0 fully saturated rings. The van der Waals surface area contributed by atoms with Crippen molar-refractivity contribution in [2.24, 2.45) is 10.7 Å². The van der Waals surface area contributed by atoms with Crippen molar-refractivity contribution in [1.29, 1.82) is 0 Å². The van der Waals surface area contributed by atoms with Crippen LogP contribution in [0.3, 0.4) is 0 Å². The minimum absolute atomic E-state index is 0.0783. The molecule has 0 aliphatic rings. The van der Waals surface area contributed by atoms with Crippen molar-refractivity contribution in [3.8, 4) is 0 Å². The molecule has 0 spiro atoms. The second-order valence-corrected chi connectivity index (χ2v) is 2.10. The third-order valence-corrected chi connectivity index (χ3v) is 0.986. The lowest BCUT2D eigenvalue weighted by atomic mass is 10.3. The summed E-state index contributed by atoms with van der Waals surface area (Å²) < 4.78 is 0. The Kier molecular flexibility index (Phi) is 3.95. The van der Waals surface area contributed by atoms with Crippen molar-refractivity contribution in [1.82, 2.24) is 0 Å². The van der Waals surface area contributed by atoms with Gasteiger partial charge < -0.3 is 10.8 Å². The van der Waals surface area contributed by atoms with Crippen LogP contribution >= 0.6 is 0 Å². The monoisotopic (exact) mass is 156 g/mol. The standard InChI is InChI=1S/C7H12N2O2/c1-3-6(4-7(10)11)9-5(2)8/h3H,4H2,1-2H3,(H2,8,9)(H,10,11)/b6-3-. The number of nitrogens with zero attached hydrogens (tertiary/aromatic N) is 1. The summed E-state index contributed by atoms with van der Waals surface area (Å²) in [5.41, 5.74) is 5.74. The number of nitrogens with two attached hydrogens (primary N) is 1. The van der Waals surface area contributed by atoms with Gasteiger partial charge in [-0.15, -0.1) is 0 Å². The SMILES string of the molecule is C/C=C(/CC(=O)O)N=C(C)N. The first-order valence-electron chi connectivity index (χ1n) is 3.24. The Hall–Kier alpha value is -1.32. The smallest absolute Gasteiger partial charge is 0.309 e. The molecule has 0 saturated heterocycles. The van der Waals surface area contributed by atoms with Gasteiger partial charge in [-0.1, -0.05) is 6.08 Å². The van der Waals surface area contributed by atoms with Gasteiger partial charge in [-0.05, 0) is 13.8 Å². The van der Waals surface area contributed by atoms with Crippen LogP contribution in [0.1, 0.15) is 20.3 Å². The van der Waals surface area contributed by atoms with E-state index in [1.165, 1.54) is 0 Å². The van der Waals surface area contributed by atoms with Gasteiger partial charge in [0.2, 0.25) is 0 Å². The van der Waals surface area contributed by atoms with Crippen molar-refractivity contribution in [2.45, 2.75) is 20.3 Å². The zero-order chi connectivity index (χ0) is 8.85. The highest BCUT2D eigenvalue weighted by Gasteiger charge is 2.00. The van der Waals surface area contributed by atoms with E-state index in [-0.39, 0.29) is 6.42 Å². The van der Waals surface area contributed by atoms with Crippen LogP contribution in [0.5, 0.6) is 0 Å². The highest BCUT2D eigenvalue weighted by molar-refractivity contribution is 5.79. The van der Waals surface area contributed by atoms with Gasteiger partial charge >= 0.3 is 5.97 Å². The molecule has 11 heavy (non-hydrogen) atoms. The fourth-order valence-electron chi connectivity index (χ4n) is 0.588. The fraction of sp³-hybridized carbons (Fsp3) is 0.429. The molecule has 0 aromatic carbocycles. The predicted molar refractivity (Wildman–Crippen MR) is 43.3 cm³/mol. The summed E-state index contributed by atoms with van der Waals surface area (Å²) in [5.74, 6) is -0.526. The number of carboxylic acids is 1. The van der Waals surface area contributed by atoms with Gasteiger partial charge in [0.25, 0.3) is 0 Å². The number of rotatable bonds is 3. The number of amidine groups is 1. The number of aliphatic imine (C=N–C) groups is 1. The maximum atomic E-state index is 10.2. The zero-order valence-corrected chi connectivity index (χ0v) is 6.66. The van der Waals surface area contributed by atoms with Crippen LogP contribution in [-0.2, 0) is 4.79 Å². The molecule has 4 heteroatoms. The van der Waals surface area contributed by atoms with Gasteiger partial charge in [0.15, 0.2) is 0 Å². The summed E-state index contributed by atoms with van der Waals surface area (Å²) in [6.45, 7) is 3.34. The van der Waals surface area contributed by atoms with E-state index in [0.717, 1.165) is 0 Å². The fourth-order valence-corrected chi connectivity index (χ4v) is 0.588. The Morgan fingerprint density at radius 3 is 2.55 bits per heavy atom. The van der Waals surface area contributed by atoms with Crippen molar-refractivity contribution < 1.29 is 9.90 Å². The molecule has 0 amide bonds. The van der Waals surface area contributed by atoms with E-state index in [2.05, 4.69) is 4.99 Å². The maximum Gasteiger partial charge on any atom is 0.309 e. The summed E-state index contributed by atoms with van der Waals surface area (Å²) in [4.78, 5) is 14.0. The molecule has 0 atom stereocenters. The number of aliphatic carboxylic acids is 1. The summed E-state index contributed by atoms with van der Waals surface area (Å²) in [7, 11) is 0. The third kappa shape index (κ3) is 5.14. The number of hydrogen-bond donors (Lipinski definition) is 2. The van der Waals surface area contributed by atoms with Crippen LogP contribution in [-0.4, -0.2) is 16.9 Å². The van der Waals surface area contributed by atoms with Crippen LogP contribution in [0.4, 0.5) is 0 Å². The first-order chi connectivity index (χ1) is 5.06. The van der Waals surface area contributed by atoms with Crippen molar-refractivity contribution >= 4 is 11.8 Å². The highest BCUT2D eigenvalue weighted by atomic mass is 16.4. The Bertz CT molecular complexity index is 202. The lowest BCUT2D eigenvalue weighted by Crippen LogP contribution is -2.06. The average Bonchev–Trinajstić information content (AvgIpc) is 1.84. The minimum Gasteiger partial charge on any atom is -0.481 e. The Morgan fingerprint density at radius 2 is 2.27 bits per heavy atom. The Labute approximate surface area is 65.4 Å². The average molecular weight is 156 g/mol. The van der Waals surface area contributed by atoms with Gasteiger partial charge in [-0.25, -0.2) is 4.99 Å². The van der Waals surface area contributed by atoms with Gasteiger partial charge in [0.05, 0.1) is 12.3 Å². The van der Waals surface area contributed by atoms with Crippen LogP contribution < -0.4 is 5.73 Å². The van der Waals surface area contributed by atoms with Crippen molar-refractivity contribution in [3.63, 3.8) is 0 Å². The first-order valence-corrected chi connectivity index (χ1v) is 3.24. The van der Waals surface area contributed by atoms with Crippen LogP contribution in [0.15, 0.2) is 16.8 Å². The Morgan fingerprint density at radius 1 is 1.73 bits per heavy atom. The second-order valence-electron chi connectivity index (χ2n) is 2.10. The highest BCUT2D eigenvalue weighted by Crippen LogP contribution is 2.02. The van der Waals surface area contributed by atoms with Crippen molar-refractivity contribution in [2.75, 3.05) is 0 Å². The maximum absolute atomic E-state index is 10.2. The number of carboxylic acid groups (broad SMARTS) is 1. The summed E-state index contributed by atoms with van der Waals surface area (Å²) in [6.07, 6.45) is 1.55. The molecule has 62 valence electrons. The van der Waals surface area contributed by atoms with E-state index in [0.29, 0.717) is 11.5 Å². The molecular formula is C7H12N2O2. The van der Waals surface area contributed by atoms with Crippen LogP contribution in [0.2, 0.25) is 0 Å². The van der Waals surface area contributed by atoms with E-state index in [4.69, 9.17) is 10.8 Å². The summed E-state index contributed by atoms with van der Waals surface area (Å²) >= 11 is 0. The van der Waals surface area contributed by atoms with E-state index in [1.54, 1.807) is 19.9 Å². The summed E-state index contributed by atoms with van der Waals surface area (Å²) in [6, 6.07) is 0. The molecule has 0 heterocycles. The molecule has 0 aliphatic carbocycles. The van der Waals surface area contributed by atoms with E-state index in [1.807, 2.05) is 0 Å². The third-order valence-electron chi connectivity index (χ3n) is 0.986. The number of allylic oxidation sites excluding steroid dienone is 1. The molecule has 0 aromatic heterocycles. The zero-order valence-electron chi connectivity index (χ0n) is 6.66. The molecule has 0 bridgehead atoms. The first kappa shape index (κ1) is 9.68. The van der Waals surface area contributed by atoms with Crippen LogP contribution in [0.25, 0.3) is 0 Å². The van der Waals surface area contributed by atoms with E-state index in [9.17, 15) is 4.79 Å². The number of carbonyl (C=O) groups is 1. The quantitative estimate of drug-likeness (QED) is 0.467. The molecule has 3 N–H and O–H groups in total. The van der Waals surface area contributed by atoms with E-state index >= 15 is 0 Å². The van der Waals surface area contributed by atoms with Gasteiger partial charge in [0.1, 0.15) is 0 Å². The predicted octanol–water partition coefficient (Wildman–Crippen LogP) is 0.742. The molecule has 0 radical (unpaired) electrons. The van der Waals surface area contributed by atoms with Gasteiger partial charge in [-0.2, -0.15) is 0 Å². The molecule has 0 rings (SSSR count). The normalized spacial score (nSPS) is 13.3. The Balaban J connectivity index is 4.22.